The number of hydrogen-bond donors (Lipinski definition) is 3. The minimum absolute atomic E-state index is 0.512. The van der Waals surface area contributed by atoms with E-state index in [0.717, 1.165) is 37.3 Å². The predicted molar refractivity (Wildman–Crippen MR) is 78.0 cm³/mol. The van der Waals surface area contributed by atoms with Crippen molar-refractivity contribution in [2.45, 2.75) is 19.4 Å². The van der Waals surface area contributed by atoms with Crippen molar-refractivity contribution < 1.29 is 4.74 Å². The molecule has 0 radical (unpaired) electrons. The molecule has 2 heterocycles. The van der Waals surface area contributed by atoms with Crippen LogP contribution in [-0.4, -0.2) is 37.8 Å². The van der Waals surface area contributed by atoms with Gasteiger partial charge in [-0.2, -0.15) is 0 Å². The Kier molecular flexibility index (Phi) is 3.44. The van der Waals surface area contributed by atoms with Gasteiger partial charge in [0.1, 0.15) is 5.75 Å². The largest absolute Gasteiger partial charge is 0.495 e. The number of nitrogens with one attached hydrogen (secondary N) is 3. The number of aromatic nitrogens is 1. The van der Waals surface area contributed by atoms with E-state index in [2.05, 4.69) is 34.8 Å². The van der Waals surface area contributed by atoms with Crippen molar-refractivity contribution in [3.63, 3.8) is 0 Å². The van der Waals surface area contributed by atoms with E-state index in [9.17, 15) is 0 Å². The number of rotatable bonds is 3. The Labute approximate surface area is 113 Å². The highest BCUT2D eigenvalue weighted by Crippen LogP contribution is 2.30. The molecule has 1 aliphatic rings. The highest BCUT2D eigenvalue weighted by atomic mass is 16.5. The summed E-state index contributed by atoms with van der Waals surface area (Å²) in [6.07, 6.45) is 3.16. The number of H-pyrrole nitrogens is 1. The number of benzene rings is 1. The lowest BCUT2D eigenvalue weighted by Gasteiger charge is -2.24. The first-order valence-corrected chi connectivity index (χ1v) is 6.87. The van der Waals surface area contributed by atoms with Gasteiger partial charge in [-0.15, -0.1) is 0 Å². The molecule has 4 nitrogen and oxygen atoms in total. The van der Waals surface area contributed by atoms with Crippen LogP contribution in [0.2, 0.25) is 0 Å². The van der Waals surface area contributed by atoms with E-state index >= 15 is 0 Å². The van der Waals surface area contributed by atoms with Crippen molar-refractivity contribution in [2.24, 2.45) is 0 Å². The fourth-order valence-electron chi connectivity index (χ4n) is 2.93. The van der Waals surface area contributed by atoms with Gasteiger partial charge in [-0.25, -0.2) is 0 Å². The lowest BCUT2D eigenvalue weighted by Crippen LogP contribution is -2.49. The Morgan fingerprint density at radius 1 is 1.32 bits per heavy atom. The van der Waals surface area contributed by atoms with E-state index in [1.54, 1.807) is 7.11 Å². The van der Waals surface area contributed by atoms with Crippen LogP contribution in [0.25, 0.3) is 10.9 Å². The lowest BCUT2D eigenvalue weighted by molar-refractivity contribution is 0.417. The van der Waals surface area contributed by atoms with Crippen LogP contribution >= 0.6 is 0 Å². The van der Waals surface area contributed by atoms with Gasteiger partial charge in [-0.3, -0.25) is 0 Å². The Hall–Kier alpha value is -1.52. The zero-order valence-corrected chi connectivity index (χ0v) is 11.5. The van der Waals surface area contributed by atoms with Crippen LogP contribution in [0.15, 0.2) is 18.3 Å². The van der Waals surface area contributed by atoms with E-state index in [1.165, 1.54) is 16.5 Å². The van der Waals surface area contributed by atoms with Crippen LogP contribution in [0, 0.1) is 6.92 Å². The maximum Gasteiger partial charge on any atom is 0.142 e. The van der Waals surface area contributed by atoms with E-state index < -0.39 is 0 Å². The van der Waals surface area contributed by atoms with E-state index in [4.69, 9.17) is 4.74 Å². The quantitative estimate of drug-likeness (QED) is 0.784. The number of piperazine rings is 1. The summed E-state index contributed by atoms with van der Waals surface area (Å²) in [4.78, 5) is 3.36. The first-order valence-electron chi connectivity index (χ1n) is 6.87. The van der Waals surface area contributed by atoms with E-state index in [-0.39, 0.29) is 0 Å². The minimum Gasteiger partial charge on any atom is -0.495 e. The summed E-state index contributed by atoms with van der Waals surface area (Å²) in [5.41, 5.74) is 3.78. The Balaban J connectivity index is 1.95. The molecule has 3 rings (SSSR count). The highest BCUT2D eigenvalue weighted by molar-refractivity contribution is 5.91. The molecule has 102 valence electrons. The maximum absolute atomic E-state index is 5.43. The second-order valence-electron chi connectivity index (χ2n) is 5.21. The number of aryl methyl sites for hydroxylation is 1. The number of methoxy groups -OCH3 is 1. The number of aromatic amines is 1. The van der Waals surface area contributed by atoms with Crippen molar-refractivity contribution >= 4 is 10.9 Å². The Bertz CT molecular complexity index is 570. The van der Waals surface area contributed by atoms with Gasteiger partial charge in [-0.05, 0) is 30.5 Å². The van der Waals surface area contributed by atoms with Gasteiger partial charge in [0.05, 0.1) is 12.6 Å². The van der Waals surface area contributed by atoms with Crippen LogP contribution in [-0.2, 0) is 6.42 Å². The zero-order valence-electron chi connectivity index (χ0n) is 11.5. The summed E-state index contributed by atoms with van der Waals surface area (Å²) in [6, 6.07) is 4.67. The highest BCUT2D eigenvalue weighted by Gasteiger charge is 2.17. The molecule has 0 bridgehead atoms. The molecular formula is C15H21N3O. The number of ether oxygens (including phenoxy) is 1. The second-order valence-corrected chi connectivity index (χ2v) is 5.21. The molecule has 4 heteroatoms. The summed E-state index contributed by atoms with van der Waals surface area (Å²) in [7, 11) is 1.72. The average molecular weight is 259 g/mol. The number of hydrogen-bond acceptors (Lipinski definition) is 3. The molecule has 3 N–H and O–H groups in total. The van der Waals surface area contributed by atoms with Gasteiger partial charge in [0, 0.05) is 37.3 Å². The summed E-state index contributed by atoms with van der Waals surface area (Å²) in [5, 5.41) is 8.31. The smallest absolute Gasteiger partial charge is 0.142 e. The molecular weight excluding hydrogens is 238 g/mol. The maximum atomic E-state index is 5.43. The molecule has 19 heavy (non-hydrogen) atoms. The SMILES string of the molecule is COc1ccc(C)c2c(CC3CNCCN3)c[nH]c12. The molecule has 1 aromatic carbocycles. The fraction of sp³-hybridized carbons (Fsp3) is 0.467. The van der Waals surface area contributed by atoms with Crippen molar-refractivity contribution in [2.75, 3.05) is 26.7 Å². The normalized spacial score (nSPS) is 19.8. The van der Waals surface area contributed by atoms with Gasteiger partial charge in [0.25, 0.3) is 0 Å². The third-order valence-corrected chi connectivity index (χ3v) is 3.90. The minimum atomic E-state index is 0.512. The van der Waals surface area contributed by atoms with Gasteiger partial charge in [0.15, 0.2) is 0 Å². The summed E-state index contributed by atoms with van der Waals surface area (Å²) >= 11 is 0. The molecule has 0 amide bonds. The molecule has 0 spiro atoms. The van der Waals surface area contributed by atoms with Crippen LogP contribution in [0.1, 0.15) is 11.1 Å². The molecule has 1 atom stereocenters. The van der Waals surface area contributed by atoms with E-state index in [1.807, 2.05) is 6.07 Å². The predicted octanol–water partition coefficient (Wildman–Crippen LogP) is 1.59. The second kappa shape index (κ2) is 5.23. The van der Waals surface area contributed by atoms with Crippen molar-refractivity contribution in [3.8, 4) is 5.75 Å². The molecule has 1 unspecified atom stereocenters. The zero-order chi connectivity index (χ0) is 13.2. The lowest BCUT2D eigenvalue weighted by atomic mass is 10.0. The van der Waals surface area contributed by atoms with Crippen LogP contribution in [0.5, 0.6) is 5.75 Å². The number of fused-ring (bicyclic) bond motifs is 1. The molecule has 1 saturated heterocycles. The standard InChI is InChI=1S/C15H21N3O/c1-10-3-4-13(19-2)15-14(10)11(8-18-15)7-12-9-16-5-6-17-12/h3-4,8,12,16-18H,5-7,9H2,1-2H3. The van der Waals surface area contributed by atoms with Crippen molar-refractivity contribution in [3.05, 3.63) is 29.5 Å². The molecule has 1 aromatic heterocycles. The third kappa shape index (κ3) is 2.33. The van der Waals surface area contributed by atoms with Crippen LogP contribution < -0.4 is 15.4 Å². The third-order valence-electron chi connectivity index (χ3n) is 3.90. The summed E-state index contributed by atoms with van der Waals surface area (Å²) in [5.74, 6) is 0.918. The average Bonchev–Trinajstić information content (AvgIpc) is 2.85. The first kappa shape index (κ1) is 12.5. The van der Waals surface area contributed by atoms with Crippen LogP contribution in [0.4, 0.5) is 0 Å². The summed E-state index contributed by atoms with van der Waals surface area (Å²) < 4.78 is 5.43. The fourth-order valence-corrected chi connectivity index (χ4v) is 2.93. The molecule has 2 aromatic rings. The molecule has 0 aliphatic carbocycles. The van der Waals surface area contributed by atoms with Crippen LogP contribution in [0.3, 0.4) is 0 Å². The molecule has 1 aliphatic heterocycles. The van der Waals surface area contributed by atoms with Crippen molar-refractivity contribution in [1.82, 2.24) is 15.6 Å². The monoisotopic (exact) mass is 259 g/mol. The van der Waals surface area contributed by atoms with Gasteiger partial charge < -0.3 is 20.4 Å². The Morgan fingerprint density at radius 3 is 2.95 bits per heavy atom. The van der Waals surface area contributed by atoms with E-state index in [0.29, 0.717) is 6.04 Å². The van der Waals surface area contributed by atoms with Gasteiger partial charge >= 0.3 is 0 Å². The Morgan fingerprint density at radius 2 is 2.21 bits per heavy atom. The topological polar surface area (TPSA) is 49.1 Å². The first-order chi connectivity index (χ1) is 9.29. The molecule has 1 fully saturated rings. The van der Waals surface area contributed by atoms with Gasteiger partial charge in [0.2, 0.25) is 0 Å². The van der Waals surface area contributed by atoms with Crippen molar-refractivity contribution in [1.29, 1.82) is 0 Å². The molecule has 0 saturated carbocycles. The van der Waals surface area contributed by atoms with Gasteiger partial charge in [-0.1, -0.05) is 6.07 Å². The summed E-state index contributed by atoms with van der Waals surface area (Å²) in [6.45, 7) is 5.31.